The third-order valence-electron chi connectivity index (χ3n) is 3.85. The number of carbonyl (C=O) groups excluding carboxylic acids is 2. The first kappa shape index (κ1) is 21.1. The standard InChI is InChI=1S/C20H22F2N2O4/c1-27-17-13-14(7-8-16(17)28-20(21)22)9-11-23-18(25)10-12-24-19(26)15-5-3-2-4-6-15/h2-8,13,20H,9-12H2,1H3,(H,23,25)(H,24,26). The summed E-state index contributed by atoms with van der Waals surface area (Å²) in [6.45, 7) is -2.34. The maximum absolute atomic E-state index is 12.3. The summed E-state index contributed by atoms with van der Waals surface area (Å²) in [4.78, 5) is 23.7. The minimum absolute atomic E-state index is 0.0422. The molecule has 2 N–H and O–H groups in total. The highest BCUT2D eigenvalue weighted by atomic mass is 19.3. The van der Waals surface area contributed by atoms with E-state index in [4.69, 9.17) is 4.74 Å². The van der Waals surface area contributed by atoms with Crippen LogP contribution in [-0.2, 0) is 11.2 Å². The lowest BCUT2D eigenvalue weighted by Gasteiger charge is -2.12. The molecule has 0 unspecified atom stereocenters. The molecular weight excluding hydrogens is 370 g/mol. The number of hydrogen-bond donors (Lipinski definition) is 2. The number of hydrogen-bond acceptors (Lipinski definition) is 4. The van der Waals surface area contributed by atoms with Gasteiger partial charge in [-0.05, 0) is 36.2 Å². The summed E-state index contributed by atoms with van der Waals surface area (Å²) < 4.78 is 34.1. The van der Waals surface area contributed by atoms with E-state index in [-0.39, 0.29) is 36.3 Å². The summed E-state index contributed by atoms with van der Waals surface area (Å²) in [7, 11) is 1.36. The molecule has 0 fully saturated rings. The van der Waals surface area contributed by atoms with Crippen molar-refractivity contribution in [1.82, 2.24) is 10.6 Å². The van der Waals surface area contributed by atoms with Gasteiger partial charge in [-0.15, -0.1) is 0 Å². The molecule has 0 aliphatic heterocycles. The Morgan fingerprint density at radius 2 is 1.75 bits per heavy atom. The maximum Gasteiger partial charge on any atom is 0.387 e. The molecule has 2 aromatic rings. The number of alkyl halides is 2. The van der Waals surface area contributed by atoms with E-state index in [1.165, 1.54) is 13.2 Å². The van der Waals surface area contributed by atoms with Crippen LogP contribution in [0.25, 0.3) is 0 Å². The second-order valence-electron chi connectivity index (χ2n) is 5.84. The highest BCUT2D eigenvalue weighted by Crippen LogP contribution is 2.29. The molecule has 6 nitrogen and oxygen atoms in total. The van der Waals surface area contributed by atoms with Crippen LogP contribution in [0.15, 0.2) is 48.5 Å². The molecule has 8 heteroatoms. The van der Waals surface area contributed by atoms with Gasteiger partial charge in [-0.2, -0.15) is 8.78 Å². The Hall–Kier alpha value is -3.16. The molecule has 28 heavy (non-hydrogen) atoms. The van der Waals surface area contributed by atoms with E-state index >= 15 is 0 Å². The second kappa shape index (κ2) is 10.9. The molecule has 2 aromatic carbocycles. The molecule has 0 radical (unpaired) electrons. The number of amides is 2. The van der Waals surface area contributed by atoms with Crippen LogP contribution in [0.2, 0.25) is 0 Å². The van der Waals surface area contributed by atoms with E-state index in [2.05, 4.69) is 15.4 Å². The van der Waals surface area contributed by atoms with Gasteiger partial charge in [-0.3, -0.25) is 9.59 Å². The molecule has 150 valence electrons. The normalized spacial score (nSPS) is 10.4. The molecular formula is C20H22F2N2O4. The monoisotopic (exact) mass is 392 g/mol. The number of methoxy groups -OCH3 is 1. The van der Waals surface area contributed by atoms with Crippen molar-refractivity contribution in [3.8, 4) is 11.5 Å². The van der Waals surface area contributed by atoms with E-state index in [9.17, 15) is 18.4 Å². The van der Waals surface area contributed by atoms with Gasteiger partial charge in [-0.25, -0.2) is 0 Å². The van der Waals surface area contributed by atoms with Crippen molar-refractivity contribution >= 4 is 11.8 Å². The Kier molecular flexibility index (Phi) is 8.20. The molecule has 0 heterocycles. The van der Waals surface area contributed by atoms with E-state index in [0.29, 0.717) is 18.5 Å². The number of nitrogens with one attached hydrogen (secondary N) is 2. The van der Waals surface area contributed by atoms with Gasteiger partial charge in [0.2, 0.25) is 5.91 Å². The molecule has 0 aromatic heterocycles. The third-order valence-corrected chi connectivity index (χ3v) is 3.85. The van der Waals surface area contributed by atoms with Gasteiger partial charge in [-0.1, -0.05) is 24.3 Å². The van der Waals surface area contributed by atoms with E-state index < -0.39 is 6.61 Å². The van der Waals surface area contributed by atoms with Gasteiger partial charge in [0.15, 0.2) is 11.5 Å². The molecule has 0 saturated heterocycles. The fourth-order valence-corrected chi connectivity index (χ4v) is 2.48. The summed E-state index contributed by atoms with van der Waals surface area (Å²) in [5.74, 6) is -0.267. The predicted octanol–water partition coefficient (Wildman–Crippen LogP) is 2.78. The summed E-state index contributed by atoms with van der Waals surface area (Å²) in [5, 5.41) is 5.43. The second-order valence-corrected chi connectivity index (χ2v) is 5.84. The van der Waals surface area contributed by atoms with Crippen molar-refractivity contribution in [1.29, 1.82) is 0 Å². The molecule has 2 amide bonds. The highest BCUT2D eigenvalue weighted by Gasteiger charge is 2.11. The number of benzene rings is 2. The first-order chi connectivity index (χ1) is 13.5. The van der Waals surface area contributed by atoms with Crippen molar-refractivity contribution in [2.45, 2.75) is 19.5 Å². The van der Waals surface area contributed by atoms with Crippen molar-refractivity contribution in [2.75, 3.05) is 20.2 Å². The van der Waals surface area contributed by atoms with Gasteiger partial charge >= 0.3 is 6.61 Å². The third kappa shape index (κ3) is 6.86. The lowest BCUT2D eigenvalue weighted by atomic mass is 10.1. The van der Waals surface area contributed by atoms with Gasteiger partial charge in [0, 0.05) is 25.1 Å². The van der Waals surface area contributed by atoms with Crippen LogP contribution in [0.4, 0.5) is 8.78 Å². The van der Waals surface area contributed by atoms with E-state index in [1.807, 2.05) is 6.07 Å². The van der Waals surface area contributed by atoms with Crippen molar-refractivity contribution in [2.24, 2.45) is 0 Å². The van der Waals surface area contributed by atoms with Gasteiger partial charge in [0.25, 0.3) is 5.91 Å². The van der Waals surface area contributed by atoms with E-state index in [1.54, 1.807) is 36.4 Å². The van der Waals surface area contributed by atoms with Gasteiger partial charge < -0.3 is 20.1 Å². The Labute approximate surface area is 161 Å². The fraction of sp³-hybridized carbons (Fsp3) is 0.300. The first-order valence-corrected chi connectivity index (χ1v) is 8.71. The number of ether oxygens (including phenoxy) is 2. The van der Waals surface area contributed by atoms with Crippen LogP contribution in [0.3, 0.4) is 0 Å². The summed E-state index contributed by atoms with van der Waals surface area (Å²) >= 11 is 0. The largest absolute Gasteiger partial charge is 0.493 e. The molecule has 0 aliphatic carbocycles. The Bertz CT molecular complexity index is 785. The zero-order chi connectivity index (χ0) is 20.4. The number of carbonyl (C=O) groups is 2. The summed E-state index contributed by atoms with van der Waals surface area (Å²) in [6.07, 6.45) is 0.649. The topological polar surface area (TPSA) is 76.7 Å². The zero-order valence-electron chi connectivity index (χ0n) is 15.4. The average molecular weight is 392 g/mol. The van der Waals surface area contributed by atoms with Gasteiger partial charge in [0.1, 0.15) is 0 Å². The Morgan fingerprint density at radius 1 is 1.00 bits per heavy atom. The highest BCUT2D eigenvalue weighted by molar-refractivity contribution is 5.94. The summed E-state index contributed by atoms with van der Waals surface area (Å²) in [5.41, 5.74) is 1.34. The van der Waals surface area contributed by atoms with Crippen molar-refractivity contribution < 1.29 is 27.8 Å². The first-order valence-electron chi connectivity index (χ1n) is 8.71. The van der Waals surface area contributed by atoms with Crippen LogP contribution in [-0.4, -0.2) is 38.6 Å². The molecule has 0 saturated carbocycles. The van der Waals surface area contributed by atoms with Crippen LogP contribution in [0, 0.1) is 0 Å². The van der Waals surface area contributed by atoms with Crippen LogP contribution < -0.4 is 20.1 Å². The molecule has 0 atom stereocenters. The smallest absolute Gasteiger partial charge is 0.387 e. The number of halogens is 2. The number of rotatable bonds is 10. The van der Waals surface area contributed by atoms with Crippen LogP contribution in [0.1, 0.15) is 22.3 Å². The lowest BCUT2D eigenvalue weighted by molar-refractivity contribution is -0.120. The SMILES string of the molecule is COc1cc(CCNC(=O)CCNC(=O)c2ccccc2)ccc1OC(F)F. The van der Waals surface area contributed by atoms with Crippen LogP contribution >= 0.6 is 0 Å². The molecule has 0 aliphatic rings. The molecule has 0 bridgehead atoms. The van der Waals surface area contributed by atoms with Crippen molar-refractivity contribution in [3.63, 3.8) is 0 Å². The van der Waals surface area contributed by atoms with Gasteiger partial charge in [0.05, 0.1) is 7.11 Å². The Morgan fingerprint density at radius 3 is 2.43 bits per heavy atom. The van der Waals surface area contributed by atoms with E-state index in [0.717, 1.165) is 5.56 Å². The average Bonchev–Trinajstić information content (AvgIpc) is 2.69. The molecule has 2 rings (SSSR count). The zero-order valence-corrected chi connectivity index (χ0v) is 15.4. The Balaban J connectivity index is 1.71. The van der Waals surface area contributed by atoms with Crippen LogP contribution in [0.5, 0.6) is 11.5 Å². The minimum atomic E-state index is -2.93. The predicted molar refractivity (Wildman–Crippen MR) is 99.7 cm³/mol. The molecule has 0 spiro atoms. The minimum Gasteiger partial charge on any atom is -0.493 e. The lowest BCUT2D eigenvalue weighted by Crippen LogP contribution is -2.31. The maximum atomic E-state index is 12.3. The fourth-order valence-electron chi connectivity index (χ4n) is 2.48. The quantitative estimate of drug-likeness (QED) is 0.652. The summed E-state index contributed by atoms with van der Waals surface area (Å²) in [6, 6.07) is 13.4. The van der Waals surface area contributed by atoms with Crippen molar-refractivity contribution in [3.05, 3.63) is 59.7 Å².